The van der Waals surface area contributed by atoms with Crippen LogP contribution in [-0.4, -0.2) is 64.5 Å². The number of anilines is 2. The zero-order valence-electron chi connectivity index (χ0n) is 23.2. The van der Waals surface area contributed by atoms with Gasteiger partial charge in [-0.25, -0.2) is 19.5 Å². The molecule has 0 atom stereocenters. The first-order valence-corrected chi connectivity index (χ1v) is 13.5. The number of nitrogens with one attached hydrogen (secondary N) is 2. The number of hydrogen-bond donors (Lipinski definition) is 2. The number of urea groups is 2. The van der Waals surface area contributed by atoms with Crippen LogP contribution >= 0.6 is 0 Å². The molecule has 0 unspecified atom stereocenters. The molecular weight excluding hydrogens is 480 g/mol. The molecule has 3 heterocycles. The molecule has 2 aliphatic heterocycles. The van der Waals surface area contributed by atoms with E-state index in [-0.39, 0.29) is 29.9 Å². The van der Waals surface area contributed by atoms with Crippen LogP contribution in [0.1, 0.15) is 65.0 Å². The molecule has 9 heteroatoms. The van der Waals surface area contributed by atoms with Gasteiger partial charge < -0.3 is 15.1 Å². The van der Waals surface area contributed by atoms with E-state index < -0.39 is 5.54 Å². The zero-order chi connectivity index (χ0) is 27.5. The van der Waals surface area contributed by atoms with E-state index in [1.54, 1.807) is 37.1 Å². The summed E-state index contributed by atoms with van der Waals surface area (Å²) in [5, 5.41) is 5.65. The van der Waals surface area contributed by atoms with Crippen molar-refractivity contribution in [1.82, 2.24) is 20.1 Å². The number of carbonyl (C=O) groups is 3. The fourth-order valence-electron chi connectivity index (χ4n) is 4.93. The molecule has 0 spiro atoms. The fourth-order valence-corrected chi connectivity index (χ4v) is 4.93. The van der Waals surface area contributed by atoms with Gasteiger partial charge in [-0.3, -0.25) is 10.1 Å². The topological polar surface area (TPSA) is 97.9 Å². The number of carbonyl (C=O) groups excluding carboxylic acids is 3. The normalized spacial score (nSPS) is 17.8. The largest absolute Gasteiger partial charge is 0.338 e. The molecule has 2 aromatic rings. The van der Waals surface area contributed by atoms with E-state index in [1.807, 2.05) is 24.3 Å². The van der Waals surface area contributed by atoms with Crippen LogP contribution in [0.3, 0.4) is 0 Å². The van der Waals surface area contributed by atoms with Crippen molar-refractivity contribution in [2.45, 2.75) is 71.4 Å². The average Bonchev–Trinajstić information content (AvgIpc) is 3.43. The van der Waals surface area contributed by atoms with Crippen molar-refractivity contribution in [2.24, 2.45) is 0 Å². The van der Waals surface area contributed by atoms with Gasteiger partial charge in [-0.1, -0.05) is 32.9 Å². The number of imide groups is 1. The SMILES string of the molecule is CC(C)(C)c1ccc(N2C(=O)N(Cc3ccnc(NC(=O)NCCCN4CCCC4)c3)C(C)(C)C2=O)cc1. The summed E-state index contributed by atoms with van der Waals surface area (Å²) in [5.74, 6) is 0.122. The number of rotatable bonds is 8. The second-order valence-corrected chi connectivity index (χ2v) is 11.7. The van der Waals surface area contributed by atoms with Gasteiger partial charge in [-0.15, -0.1) is 0 Å². The van der Waals surface area contributed by atoms with Crippen LogP contribution < -0.4 is 15.5 Å². The number of amides is 5. The van der Waals surface area contributed by atoms with Crippen LogP contribution in [0.15, 0.2) is 42.6 Å². The van der Waals surface area contributed by atoms with E-state index in [2.05, 4.69) is 41.3 Å². The highest BCUT2D eigenvalue weighted by Gasteiger charge is 2.51. The molecule has 38 heavy (non-hydrogen) atoms. The van der Waals surface area contributed by atoms with Crippen LogP contribution in [0.4, 0.5) is 21.1 Å². The Kier molecular flexibility index (Phi) is 8.06. The summed E-state index contributed by atoms with van der Waals surface area (Å²) in [6, 6.07) is 10.4. The average molecular weight is 521 g/mol. The number of nitrogens with zero attached hydrogens (tertiary/aromatic N) is 4. The first kappa shape index (κ1) is 27.6. The molecule has 1 aromatic heterocycles. The molecule has 0 aliphatic carbocycles. The predicted molar refractivity (Wildman–Crippen MR) is 149 cm³/mol. The minimum absolute atomic E-state index is 0.0273. The number of likely N-dealkylation sites (tertiary alicyclic amines) is 1. The Hall–Kier alpha value is -3.46. The molecular formula is C29H40N6O3. The summed E-state index contributed by atoms with van der Waals surface area (Å²) < 4.78 is 0. The predicted octanol–water partition coefficient (Wildman–Crippen LogP) is 4.73. The Morgan fingerprint density at radius 1 is 1.05 bits per heavy atom. The molecule has 2 fully saturated rings. The van der Waals surface area contributed by atoms with Crippen molar-refractivity contribution >= 4 is 29.5 Å². The highest BCUT2D eigenvalue weighted by Crippen LogP contribution is 2.34. The summed E-state index contributed by atoms with van der Waals surface area (Å²) in [6.45, 7) is 14.0. The summed E-state index contributed by atoms with van der Waals surface area (Å²) >= 11 is 0. The Morgan fingerprint density at radius 2 is 1.74 bits per heavy atom. The van der Waals surface area contributed by atoms with Crippen molar-refractivity contribution in [3.8, 4) is 0 Å². The highest BCUT2D eigenvalue weighted by molar-refractivity contribution is 6.22. The summed E-state index contributed by atoms with van der Waals surface area (Å²) in [7, 11) is 0. The molecule has 1 aromatic carbocycles. The molecule has 2 N–H and O–H groups in total. The molecule has 0 saturated carbocycles. The number of pyridine rings is 1. The summed E-state index contributed by atoms with van der Waals surface area (Å²) in [5.41, 5.74) is 1.40. The summed E-state index contributed by atoms with van der Waals surface area (Å²) in [4.78, 5) is 48.6. The quantitative estimate of drug-likeness (QED) is 0.387. The molecule has 0 bridgehead atoms. The van der Waals surface area contributed by atoms with E-state index in [4.69, 9.17) is 0 Å². The van der Waals surface area contributed by atoms with Gasteiger partial charge in [0.1, 0.15) is 11.4 Å². The Labute approximate surface area is 225 Å². The van der Waals surface area contributed by atoms with Gasteiger partial charge >= 0.3 is 12.1 Å². The van der Waals surface area contributed by atoms with Gasteiger partial charge in [0, 0.05) is 19.3 Å². The minimum atomic E-state index is -1.02. The second-order valence-electron chi connectivity index (χ2n) is 11.7. The highest BCUT2D eigenvalue weighted by atomic mass is 16.2. The van der Waals surface area contributed by atoms with E-state index in [0.717, 1.165) is 37.2 Å². The number of aromatic nitrogens is 1. The van der Waals surface area contributed by atoms with Gasteiger partial charge in [0.05, 0.1) is 5.69 Å². The first-order chi connectivity index (χ1) is 18.0. The van der Waals surface area contributed by atoms with Gasteiger partial charge in [0.25, 0.3) is 5.91 Å². The van der Waals surface area contributed by atoms with Crippen molar-refractivity contribution in [3.05, 3.63) is 53.7 Å². The maximum absolute atomic E-state index is 13.5. The zero-order valence-corrected chi connectivity index (χ0v) is 23.2. The lowest BCUT2D eigenvalue weighted by Gasteiger charge is -2.27. The molecule has 9 nitrogen and oxygen atoms in total. The van der Waals surface area contributed by atoms with Crippen molar-refractivity contribution in [1.29, 1.82) is 0 Å². The third kappa shape index (κ3) is 6.15. The smallest absolute Gasteiger partial charge is 0.332 e. The standard InChI is InChI=1S/C29H40N6O3/c1-28(2,3)22-9-11-23(12-10-22)35-25(36)29(4,5)34(27(35)38)20-21-13-15-30-24(19-21)32-26(37)31-14-8-18-33-16-6-7-17-33/h9-13,15,19H,6-8,14,16-18,20H2,1-5H3,(H2,30,31,32,37). The fraction of sp³-hybridized carbons (Fsp3) is 0.517. The number of hydrogen-bond acceptors (Lipinski definition) is 5. The molecule has 2 saturated heterocycles. The van der Waals surface area contributed by atoms with E-state index >= 15 is 0 Å². The Morgan fingerprint density at radius 3 is 2.39 bits per heavy atom. The lowest BCUT2D eigenvalue weighted by atomic mass is 9.87. The van der Waals surface area contributed by atoms with Crippen molar-refractivity contribution in [2.75, 3.05) is 36.4 Å². The lowest BCUT2D eigenvalue weighted by Crippen LogP contribution is -2.43. The van der Waals surface area contributed by atoms with Crippen molar-refractivity contribution in [3.63, 3.8) is 0 Å². The molecule has 5 amide bonds. The Balaban J connectivity index is 1.38. The van der Waals surface area contributed by atoms with E-state index in [1.165, 1.54) is 17.7 Å². The van der Waals surface area contributed by atoms with Gasteiger partial charge in [-0.2, -0.15) is 0 Å². The first-order valence-electron chi connectivity index (χ1n) is 13.5. The monoisotopic (exact) mass is 520 g/mol. The lowest BCUT2D eigenvalue weighted by molar-refractivity contribution is -0.123. The third-order valence-corrected chi connectivity index (χ3v) is 7.36. The number of benzene rings is 1. The molecule has 204 valence electrons. The molecule has 4 rings (SSSR count). The maximum atomic E-state index is 13.5. The van der Waals surface area contributed by atoms with Gasteiger partial charge in [0.2, 0.25) is 0 Å². The van der Waals surface area contributed by atoms with E-state index in [9.17, 15) is 14.4 Å². The van der Waals surface area contributed by atoms with Crippen LogP contribution in [0.2, 0.25) is 0 Å². The minimum Gasteiger partial charge on any atom is -0.338 e. The van der Waals surface area contributed by atoms with Gasteiger partial charge in [0.15, 0.2) is 0 Å². The Bertz CT molecular complexity index is 1170. The summed E-state index contributed by atoms with van der Waals surface area (Å²) in [6.07, 6.45) is 5.01. The third-order valence-electron chi connectivity index (χ3n) is 7.36. The van der Waals surface area contributed by atoms with Crippen molar-refractivity contribution < 1.29 is 14.4 Å². The molecule has 2 aliphatic rings. The van der Waals surface area contributed by atoms with Crippen LogP contribution in [0, 0.1) is 0 Å². The van der Waals surface area contributed by atoms with Crippen LogP contribution in [0.5, 0.6) is 0 Å². The van der Waals surface area contributed by atoms with Crippen LogP contribution in [0.25, 0.3) is 0 Å². The van der Waals surface area contributed by atoms with E-state index in [0.29, 0.717) is 18.1 Å². The maximum Gasteiger partial charge on any atom is 0.332 e. The van der Waals surface area contributed by atoms with Crippen LogP contribution in [-0.2, 0) is 16.8 Å². The second kappa shape index (κ2) is 11.1. The van der Waals surface area contributed by atoms with Gasteiger partial charge in [-0.05, 0) is 93.6 Å². The molecule has 0 radical (unpaired) electrons.